The highest BCUT2D eigenvalue weighted by atomic mass is 16.5. The summed E-state index contributed by atoms with van der Waals surface area (Å²) in [5.41, 5.74) is 8.35. The van der Waals surface area contributed by atoms with E-state index in [9.17, 15) is 4.79 Å². The van der Waals surface area contributed by atoms with Crippen LogP contribution in [0.3, 0.4) is 0 Å². The maximum Gasteiger partial charge on any atom is 0.248 e. The van der Waals surface area contributed by atoms with E-state index in [1.54, 1.807) is 14.2 Å². The predicted octanol–water partition coefficient (Wildman–Crippen LogP) is 1.96. The van der Waals surface area contributed by atoms with Crippen LogP contribution in [-0.4, -0.2) is 41.3 Å². The Balaban J connectivity index is 1.31. The van der Waals surface area contributed by atoms with Gasteiger partial charge in [0.05, 0.1) is 14.2 Å². The molecule has 0 radical (unpaired) electrons. The molecule has 1 aliphatic rings. The van der Waals surface area contributed by atoms with E-state index in [0.29, 0.717) is 18.7 Å². The van der Waals surface area contributed by atoms with E-state index < -0.39 is 0 Å². The Kier molecular flexibility index (Phi) is 5.92. The minimum atomic E-state index is -0.388. The molecule has 0 spiro atoms. The maximum absolute atomic E-state index is 12.6. The molecule has 1 amide bonds. The van der Waals surface area contributed by atoms with Crippen molar-refractivity contribution in [2.75, 3.05) is 19.5 Å². The molecule has 4 N–H and O–H groups in total. The van der Waals surface area contributed by atoms with Crippen molar-refractivity contribution >= 4 is 11.9 Å². The number of amides is 1. The lowest BCUT2D eigenvalue weighted by Crippen LogP contribution is -2.39. The average molecular weight is 408 g/mol. The van der Waals surface area contributed by atoms with Crippen LogP contribution in [0.4, 0.5) is 5.95 Å². The number of hydrogen-bond donors (Lipinski definition) is 4. The van der Waals surface area contributed by atoms with Crippen molar-refractivity contribution in [3.05, 3.63) is 65.5 Å². The van der Waals surface area contributed by atoms with Gasteiger partial charge in [-0.25, -0.2) is 10.9 Å². The summed E-state index contributed by atoms with van der Waals surface area (Å²) in [4.78, 5) is 17.0. The van der Waals surface area contributed by atoms with Crippen molar-refractivity contribution in [1.29, 1.82) is 0 Å². The SMILES string of the molecule is COc1ccc(Cc2nc(NC(=O)C3CC(c4ccc(OC)cc4)NN3)n[nH]2)cc1. The number of hydrogen-bond acceptors (Lipinski definition) is 7. The third-order valence-corrected chi connectivity index (χ3v) is 5.04. The van der Waals surface area contributed by atoms with Crippen molar-refractivity contribution in [3.8, 4) is 11.5 Å². The minimum absolute atomic E-state index is 0.0319. The third-order valence-electron chi connectivity index (χ3n) is 5.04. The molecule has 1 fully saturated rings. The topological polar surface area (TPSA) is 113 Å². The van der Waals surface area contributed by atoms with Crippen LogP contribution in [0, 0.1) is 0 Å². The average Bonchev–Trinajstić information content (AvgIpc) is 3.44. The van der Waals surface area contributed by atoms with Crippen LogP contribution >= 0.6 is 0 Å². The second-order valence-electron chi connectivity index (χ2n) is 7.02. The molecule has 9 heteroatoms. The van der Waals surface area contributed by atoms with E-state index in [4.69, 9.17) is 9.47 Å². The van der Waals surface area contributed by atoms with Gasteiger partial charge in [0, 0.05) is 12.5 Å². The molecule has 156 valence electrons. The molecule has 0 aliphatic carbocycles. The van der Waals surface area contributed by atoms with Gasteiger partial charge >= 0.3 is 0 Å². The van der Waals surface area contributed by atoms with Gasteiger partial charge in [-0.15, -0.1) is 5.10 Å². The first-order chi connectivity index (χ1) is 14.6. The molecule has 2 heterocycles. The lowest BCUT2D eigenvalue weighted by molar-refractivity contribution is -0.117. The molecular formula is C21H24N6O3. The van der Waals surface area contributed by atoms with Gasteiger partial charge in [-0.05, 0) is 41.8 Å². The molecule has 2 aromatic carbocycles. The fraction of sp³-hybridized carbons (Fsp3) is 0.286. The molecule has 9 nitrogen and oxygen atoms in total. The van der Waals surface area contributed by atoms with Gasteiger partial charge in [0.1, 0.15) is 23.4 Å². The van der Waals surface area contributed by atoms with Crippen molar-refractivity contribution in [1.82, 2.24) is 26.0 Å². The molecule has 3 aromatic rings. The van der Waals surface area contributed by atoms with Gasteiger partial charge in [-0.1, -0.05) is 24.3 Å². The van der Waals surface area contributed by atoms with Crippen LogP contribution in [0.25, 0.3) is 0 Å². The van der Waals surface area contributed by atoms with E-state index in [1.807, 2.05) is 48.5 Å². The zero-order chi connectivity index (χ0) is 20.9. The number of methoxy groups -OCH3 is 2. The summed E-state index contributed by atoms with van der Waals surface area (Å²) >= 11 is 0. The van der Waals surface area contributed by atoms with E-state index in [2.05, 4.69) is 31.3 Å². The van der Waals surface area contributed by atoms with Crippen LogP contribution in [0.2, 0.25) is 0 Å². The first kappa shape index (κ1) is 19.9. The number of carbonyl (C=O) groups is 1. The van der Waals surface area contributed by atoms with Gasteiger partial charge in [0.15, 0.2) is 0 Å². The molecule has 30 heavy (non-hydrogen) atoms. The van der Waals surface area contributed by atoms with Crippen molar-refractivity contribution in [2.45, 2.75) is 24.9 Å². The number of anilines is 1. The monoisotopic (exact) mass is 408 g/mol. The van der Waals surface area contributed by atoms with Crippen LogP contribution in [0.15, 0.2) is 48.5 Å². The molecule has 1 aliphatic heterocycles. The highest BCUT2D eigenvalue weighted by molar-refractivity contribution is 5.93. The summed E-state index contributed by atoms with van der Waals surface area (Å²) in [7, 11) is 3.27. The predicted molar refractivity (Wildman–Crippen MR) is 111 cm³/mol. The summed E-state index contributed by atoms with van der Waals surface area (Å²) < 4.78 is 10.3. The van der Waals surface area contributed by atoms with Gasteiger partial charge < -0.3 is 9.47 Å². The number of nitrogens with zero attached hydrogens (tertiary/aromatic N) is 2. The minimum Gasteiger partial charge on any atom is -0.497 e. The van der Waals surface area contributed by atoms with Crippen molar-refractivity contribution in [2.24, 2.45) is 0 Å². The van der Waals surface area contributed by atoms with Gasteiger partial charge in [-0.3, -0.25) is 15.2 Å². The summed E-state index contributed by atoms with van der Waals surface area (Å²) in [6.07, 6.45) is 1.19. The highest BCUT2D eigenvalue weighted by Crippen LogP contribution is 2.24. The van der Waals surface area contributed by atoms with E-state index >= 15 is 0 Å². The summed E-state index contributed by atoms with van der Waals surface area (Å²) in [6, 6.07) is 15.1. The number of H-pyrrole nitrogens is 1. The number of rotatable bonds is 7. The molecule has 0 saturated carbocycles. The smallest absolute Gasteiger partial charge is 0.248 e. The third kappa shape index (κ3) is 4.58. The molecule has 1 saturated heterocycles. The van der Waals surface area contributed by atoms with Gasteiger partial charge in [-0.2, -0.15) is 4.98 Å². The zero-order valence-electron chi connectivity index (χ0n) is 16.8. The van der Waals surface area contributed by atoms with E-state index in [-0.39, 0.29) is 23.9 Å². The number of hydrazine groups is 1. The first-order valence-electron chi connectivity index (χ1n) is 9.64. The highest BCUT2D eigenvalue weighted by Gasteiger charge is 2.30. The molecule has 4 rings (SSSR count). The number of benzene rings is 2. The number of aromatic amines is 1. The molecule has 2 atom stereocenters. The summed E-state index contributed by atoms with van der Waals surface area (Å²) in [6.45, 7) is 0. The summed E-state index contributed by atoms with van der Waals surface area (Å²) in [5.74, 6) is 2.35. The second kappa shape index (κ2) is 8.93. The van der Waals surface area contributed by atoms with Crippen LogP contribution in [0.5, 0.6) is 11.5 Å². The van der Waals surface area contributed by atoms with Crippen molar-refractivity contribution in [3.63, 3.8) is 0 Å². The lowest BCUT2D eigenvalue weighted by atomic mass is 10.0. The van der Waals surface area contributed by atoms with Crippen LogP contribution in [0.1, 0.15) is 29.4 Å². The Bertz CT molecular complexity index is 987. The molecule has 1 aromatic heterocycles. The Morgan fingerprint density at radius 2 is 1.70 bits per heavy atom. The number of ether oxygens (including phenoxy) is 2. The van der Waals surface area contributed by atoms with E-state index in [1.165, 1.54) is 0 Å². The lowest BCUT2D eigenvalue weighted by Gasteiger charge is -2.10. The van der Waals surface area contributed by atoms with E-state index in [0.717, 1.165) is 22.6 Å². The summed E-state index contributed by atoms with van der Waals surface area (Å²) in [5, 5.41) is 9.73. The maximum atomic E-state index is 12.6. The molecule has 0 bridgehead atoms. The second-order valence-corrected chi connectivity index (χ2v) is 7.02. The van der Waals surface area contributed by atoms with Gasteiger partial charge in [0.25, 0.3) is 0 Å². The van der Waals surface area contributed by atoms with Gasteiger partial charge in [0.2, 0.25) is 11.9 Å². The largest absolute Gasteiger partial charge is 0.497 e. The molecule has 2 unspecified atom stereocenters. The Hall–Kier alpha value is -3.43. The van der Waals surface area contributed by atoms with Crippen LogP contribution in [-0.2, 0) is 11.2 Å². The number of aromatic nitrogens is 3. The Labute approximate surface area is 174 Å². The van der Waals surface area contributed by atoms with Crippen molar-refractivity contribution < 1.29 is 14.3 Å². The standard InChI is InChI=1S/C21H24N6O3/c1-29-15-7-3-13(4-8-15)11-19-22-21(27-26-19)23-20(28)18-12-17(24-25-18)14-5-9-16(30-2)10-6-14/h3-10,17-18,24-25H,11-12H2,1-2H3,(H2,22,23,26,27,28). The Morgan fingerprint density at radius 1 is 1.03 bits per heavy atom. The number of carbonyl (C=O) groups excluding carboxylic acids is 1. The Morgan fingerprint density at radius 3 is 2.37 bits per heavy atom. The normalized spacial score (nSPS) is 18.2. The fourth-order valence-electron chi connectivity index (χ4n) is 3.35. The number of nitrogens with one attached hydrogen (secondary N) is 4. The zero-order valence-corrected chi connectivity index (χ0v) is 16.8. The quantitative estimate of drug-likeness (QED) is 0.473. The first-order valence-corrected chi connectivity index (χ1v) is 9.64. The fourth-order valence-corrected chi connectivity index (χ4v) is 3.35. The van der Waals surface area contributed by atoms with Crippen LogP contribution < -0.4 is 25.6 Å². The molecular weight excluding hydrogens is 384 g/mol.